The minimum absolute atomic E-state index is 0.0503. The molecular weight excluding hydrogens is 427 g/mol. The van der Waals surface area contributed by atoms with E-state index in [1.54, 1.807) is 11.3 Å². The fraction of sp³-hybridized carbons (Fsp3) is 0.722. The number of alkyl halides is 3. The second-order valence-corrected chi connectivity index (χ2v) is 8.31. The molecule has 3 fully saturated rings. The molecule has 0 aromatic carbocycles. The van der Waals surface area contributed by atoms with E-state index in [0.29, 0.717) is 19.1 Å². The Labute approximate surface area is 175 Å². The van der Waals surface area contributed by atoms with E-state index in [1.807, 2.05) is 16.5 Å². The maximum atomic E-state index is 13.0. The van der Waals surface area contributed by atoms with E-state index < -0.39 is 12.1 Å². The lowest BCUT2D eigenvalue weighted by Gasteiger charge is -2.41. The number of morpholine rings is 1. The van der Waals surface area contributed by atoms with Crippen LogP contribution in [0.2, 0.25) is 0 Å². The number of rotatable bonds is 3. The zero-order valence-electron chi connectivity index (χ0n) is 16.2. The first kappa shape index (κ1) is 22.9. The molecular formula is C18H24F3N3O5S. The van der Waals surface area contributed by atoms with Crippen LogP contribution in [0.5, 0.6) is 0 Å². The molecule has 3 aliphatic rings. The van der Waals surface area contributed by atoms with Crippen LogP contribution < -0.4 is 0 Å². The minimum Gasteiger partial charge on any atom is -0.475 e. The molecule has 0 spiro atoms. The van der Waals surface area contributed by atoms with Gasteiger partial charge in [-0.1, -0.05) is 0 Å². The predicted molar refractivity (Wildman–Crippen MR) is 99.8 cm³/mol. The number of carbonyl (C=O) groups is 2. The van der Waals surface area contributed by atoms with Gasteiger partial charge >= 0.3 is 12.1 Å². The van der Waals surface area contributed by atoms with Gasteiger partial charge in [0.05, 0.1) is 31.8 Å². The van der Waals surface area contributed by atoms with E-state index in [0.717, 1.165) is 50.8 Å². The third-order valence-electron chi connectivity index (χ3n) is 5.40. The van der Waals surface area contributed by atoms with Gasteiger partial charge in [-0.2, -0.15) is 13.2 Å². The Morgan fingerprint density at radius 1 is 1.23 bits per heavy atom. The fourth-order valence-corrected chi connectivity index (χ4v) is 4.64. The van der Waals surface area contributed by atoms with Gasteiger partial charge in [-0.15, -0.1) is 11.3 Å². The molecule has 30 heavy (non-hydrogen) atoms. The molecule has 1 amide bonds. The van der Waals surface area contributed by atoms with Gasteiger partial charge in [0.25, 0.3) is 0 Å². The van der Waals surface area contributed by atoms with E-state index in [2.05, 4.69) is 9.88 Å². The topological polar surface area (TPSA) is 92.2 Å². The van der Waals surface area contributed by atoms with Crippen LogP contribution in [0.4, 0.5) is 13.2 Å². The number of likely N-dealkylation sites (tertiary alicyclic amines) is 1. The summed E-state index contributed by atoms with van der Waals surface area (Å²) < 4.78 is 43.0. The van der Waals surface area contributed by atoms with Crippen molar-refractivity contribution in [3.63, 3.8) is 0 Å². The Morgan fingerprint density at radius 2 is 1.93 bits per heavy atom. The number of carbonyl (C=O) groups excluding carboxylic acids is 1. The molecule has 1 aromatic heterocycles. The third-order valence-corrected chi connectivity index (χ3v) is 6.16. The normalized spacial score (nSPS) is 27.2. The maximum Gasteiger partial charge on any atom is 0.490 e. The van der Waals surface area contributed by atoms with E-state index in [9.17, 15) is 18.0 Å². The van der Waals surface area contributed by atoms with Crippen LogP contribution in [-0.2, 0) is 25.6 Å². The zero-order valence-corrected chi connectivity index (χ0v) is 17.0. The molecule has 0 aliphatic carbocycles. The quantitative estimate of drug-likeness (QED) is 0.744. The summed E-state index contributed by atoms with van der Waals surface area (Å²) in [6.45, 7) is 6.10. The van der Waals surface area contributed by atoms with Crippen LogP contribution in [0.15, 0.2) is 11.6 Å². The summed E-state index contributed by atoms with van der Waals surface area (Å²) in [6, 6.07) is 0. The van der Waals surface area contributed by atoms with E-state index >= 15 is 0 Å². The summed E-state index contributed by atoms with van der Waals surface area (Å²) in [4.78, 5) is 30.6. The van der Waals surface area contributed by atoms with Gasteiger partial charge in [0.1, 0.15) is 5.01 Å². The zero-order chi connectivity index (χ0) is 21.7. The van der Waals surface area contributed by atoms with Crippen molar-refractivity contribution in [2.45, 2.75) is 25.2 Å². The number of aliphatic carboxylic acids is 1. The van der Waals surface area contributed by atoms with Crippen LogP contribution in [0.3, 0.4) is 0 Å². The van der Waals surface area contributed by atoms with Gasteiger partial charge < -0.3 is 19.5 Å². The number of nitrogens with zero attached hydrogens (tertiary/aromatic N) is 3. The highest BCUT2D eigenvalue weighted by Gasteiger charge is 2.45. The first-order chi connectivity index (χ1) is 14.3. The summed E-state index contributed by atoms with van der Waals surface area (Å²) >= 11 is 1.67. The maximum absolute atomic E-state index is 13.0. The van der Waals surface area contributed by atoms with Crippen LogP contribution in [0.25, 0.3) is 0 Å². The lowest BCUT2D eigenvalue weighted by Crippen LogP contribution is -2.54. The molecule has 0 bridgehead atoms. The summed E-state index contributed by atoms with van der Waals surface area (Å²) in [5.41, 5.74) is 0. The standard InChI is InChI=1S/C16H23N3O3S.C2HF3O2/c20-16(19-3-6-21-7-4-19)13-9-18(11-15-17-2-8-23-15)10-14-12(13)1-5-22-14;3-2(4,5)1(6)7/h2,8,12-14H,1,3-7,9-11H2;(H,6,7)/t12-,13+,14+;/m0./s1. The van der Waals surface area contributed by atoms with Crippen molar-refractivity contribution in [1.82, 2.24) is 14.8 Å². The van der Waals surface area contributed by atoms with Crippen molar-refractivity contribution >= 4 is 23.2 Å². The first-order valence-corrected chi connectivity index (χ1v) is 10.5. The third kappa shape index (κ3) is 5.90. The molecule has 0 saturated carbocycles. The number of halogens is 3. The van der Waals surface area contributed by atoms with E-state index in [4.69, 9.17) is 19.4 Å². The molecule has 0 unspecified atom stereocenters. The highest BCUT2D eigenvalue weighted by atomic mass is 32.1. The number of carboxylic acid groups (broad SMARTS) is 1. The number of hydrogen-bond acceptors (Lipinski definition) is 7. The van der Waals surface area contributed by atoms with Crippen LogP contribution in [-0.4, -0.2) is 90.0 Å². The van der Waals surface area contributed by atoms with Crippen molar-refractivity contribution in [3.8, 4) is 0 Å². The molecule has 3 saturated heterocycles. The average Bonchev–Trinajstić information content (AvgIpc) is 3.39. The molecule has 8 nitrogen and oxygen atoms in total. The highest BCUT2D eigenvalue weighted by molar-refractivity contribution is 7.09. The SMILES string of the molecule is O=C(O)C(F)(F)F.O=C([C@@H]1CN(Cc2nccs2)C[C@H]2OCC[C@H]21)N1CCOCC1. The smallest absolute Gasteiger partial charge is 0.475 e. The molecule has 1 N–H and O–H groups in total. The van der Waals surface area contributed by atoms with Gasteiger partial charge in [0.15, 0.2) is 0 Å². The highest BCUT2D eigenvalue weighted by Crippen LogP contribution is 2.35. The summed E-state index contributed by atoms with van der Waals surface area (Å²) in [5, 5.41) is 10.2. The van der Waals surface area contributed by atoms with Gasteiger partial charge in [-0.05, 0) is 6.42 Å². The van der Waals surface area contributed by atoms with Gasteiger partial charge in [0.2, 0.25) is 5.91 Å². The number of piperidine rings is 1. The van der Waals surface area contributed by atoms with Gasteiger partial charge in [-0.3, -0.25) is 9.69 Å². The minimum atomic E-state index is -5.08. The lowest BCUT2D eigenvalue weighted by molar-refractivity contribution is -0.192. The second-order valence-electron chi connectivity index (χ2n) is 7.33. The molecule has 4 heterocycles. The van der Waals surface area contributed by atoms with Gasteiger partial charge in [0, 0.05) is 50.3 Å². The molecule has 12 heteroatoms. The molecule has 168 valence electrons. The number of ether oxygens (including phenoxy) is 2. The first-order valence-electron chi connectivity index (χ1n) is 9.64. The predicted octanol–water partition coefficient (Wildman–Crippen LogP) is 1.47. The van der Waals surface area contributed by atoms with E-state index in [-0.39, 0.29) is 17.9 Å². The Balaban J connectivity index is 0.000000318. The van der Waals surface area contributed by atoms with Crippen LogP contribution >= 0.6 is 11.3 Å². The van der Waals surface area contributed by atoms with Gasteiger partial charge in [-0.25, -0.2) is 9.78 Å². The summed E-state index contributed by atoms with van der Waals surface area (Å²) in [6.07, 6.45) is -2.04. The molecule has 0 radical (unpaired) electrons. The number of hydrogen-bond donors (Lipinski definition) is 1. The number of thiazole rings is 1. The number of aromatic nitrogens is 1. The number of carboxylic acids is 1. The van der Waals surface area contributed by atoms with Crippen molar-refractivity contribution in [1.29, 1.82) is 0 Å². The van der Waals surface area contributed by atoms with Crippen molar-refractivity contribution in [2.24, 2.45) is 11.8 Å². The monoisotopic (exact) mass is 451 g/mol. The summed E-state index contributed by atoms with van der Waals surface area (Å²) in [5.74, 6) is -2.04. The Morgan fingerprint density at radius 3 is 2.53 bits per heavy atom. The van der Waals surface area contributed by atoms with Crippen molar-refractivity contribution in [3.05, 3.63) is 16.6 Å². The van der Waals surface area contributed by atoms with Crippen molar-refractivity contribution in [2.75, 3.05) is 46.0 Å². The number of amides is 1. The van der Waals surface area contributed by atoms with Crippen LogP contribution in [0.1, 0.15) is 11.4 Å². The molecule has 3 atom stereocenters. The van der Waals surface area contributed by atoms with E-state index in [1.165, 1.54) is 0 Å². The number of fused-ring (bicyclic) bond motifs is 1. The summed E-state index contributed by atoms with van der Waals surface area (Å²) in [7, 11) is 0. The fourth-order valence-electron chi connectivity index (χ4n) is 3.99. The molecule has 4 rings (SSSR count). The Kier molecular flexibility index (Phi) is 7.66. The van der Waals surface area contributed by atoms with Crippen molar-refractivity contribution < 1.29 is 37.3 Å². The Bertz CT molecular complexity index is 712. The molecule has 3 aliphatic heterocycles. The molecule has 1 aromatic rings. The average molecular weight is 451 g/mol. The van der Waals surface area contributed by atoms with Crippen LogP contribution in [0, 0.1) is 11.8 Å². The Hall–Kier alpha value is -1.76. The second kappa shape index (κ2) is 10.0. The lowest BCUT2D eigenvalue weighted by atomic mass is 9.81. The largest absolute Gasteiger partial charge is 0.490 e.